The molecule has 1 aromatic heterocycles. The molecule has 0 bridgehead atoms. The minimum atomic E-state index is -0.822. The van der Waals surface area contributed by atoms with Crippen LogP contribution < -0.4 is 0 Å². The Labute approximate surface area is 221 Å². The molecule has 0 atom stereocenters. The Morgan fingerprint density at radius 2 is 1.71 bits per heavy atom. The first kappa shape index (κ1) is 24.3. The predicted octanol–water partition coefficient (Wildman–Crippen LogP) is 5.46. The number of benzene rings is 3. The van der Waals surface area contributed by atoms with Gasteiger partial charge >= 0.3 is 5.97 Å². The van der Waals surface area contributed by atoms with E-state index in [2.05, 4.69) is 57.0 Å². The molecular weight excluding hydrogens is 478 g/mol. The second kappa shape index (κ2) is 10.0. The Bertz CT molecular complexity index is 1470. The highest BCUT2D eigenvalue weighted by molar-refractivity contribution is 5.91. The molecule has 2 saturated carbocycles. The Hall–Kier alpha value is -4.07. The number of amides is 1. The smallest absolute Gasteiger partial charge is 0.311 e. The fourth-order valence-electron chi connectivity index (χ4n) is 5.77. The van der Waals surface area contributed by atoms with Gasteiger partial charge in [0.2, 0.25) is 11.7 Å². The number of rotatable bonds is 9. The Morgan fingerprint density at radius 3 is 2.42 bits per heavy atom. The molecule has 0 aliphatic heterocycles. The van der Waals surface area contributed by atoms with Gasteiger partial charge in [0.25, 0.3) is 0 Å². The molecule has 8 nitrogen and oxygen atoms in total. The monoisotopic (exact) mass is 509 g/mol. The molecule has 3 aromatic carbocycles. The van der Waals surface area contributed by atoms with Crippen molar-refractivity contribution in [2.75, 3.05) is 6.54 Å². The summed E-state index contributed by atoms with van der Waals surface area (Å²) in [5, 5.41) is 26.7. The van der Waals surface area contributed by atoms with Crippen molar-refractivity contribution in [3.63, 3.8) is 0 Å². The van der Waals surface area contributed by atoms with E-state index < -0.39 is 11.4 Å². The molecule has 1 amide bonds. The second-order valence-corrected chi connectivity index (χ2v) is 10.9. The molecule has 2 N–H and O–H groups in total. The number of nitrogens with zero attached hydrogens (tertiary/aromatic N) is 4. The van der Waals surface area contributed by atoms with E-state index in [1.54, 1.807) is 0 Å². The van der Waals surface area contributed by atoms with Crippen molar-refractivity contribution in [1.29, 1.82) is 0 Å². The number of H-pyrrole nitrogens is 1. The van der Waals surface area contributed by atoms with E-state index in [-0.39, 0.29) is 12.5 Å². The Morgan fingerprint density at radius 1 is 0.974 bits per heavy atom. The van der Waals surface area contributed by atoms with E-state index in [0.29, 0.717) is 37.5 Å². The maximum Gasteiger partial charge on any atom is 0.311 e. The van der Waals surface area contributed by atoms with Crippen LogP contribution in [0.4, 0.5) is 0 Å². The number of carbonyl (C=O) groups excluding carboxylic acids is 1. The number of carboxylic acid groups (broad SMARTS) is 1. The fourth-order valence-corrected chi connectivity index (χ4v) is 5.77. The summed E-state index contributed by atoms with van der Waals surface area (Å²) in [6, 6.07) is 20.5. The third-order valence-corrected chi connectivity index (χ3v) is 8.12. The van der Waals surface area contributed by atoms with Crippen LogP contribution in [0.15, 0.2) is 60.7 Å². The predicted molar refractivity (Wildman–Crippen MR) is 144 cm³/mol. The molecule has 6 rings (SSSR count). The number of carbonyl (C=O) groups is 2. The third kappa shape index (κ3) is 4.90. The fraction of sp³-hybridized carbons (Fsp3) is 0.367. The number of nitrogens with one attached hydrogen (secondary N) is 1. The van der Waals surface area contributed by atoms with Crippen LogP contribution >= 0.6 is 0 Å². The lowest BCUT2D eigenvalue weighted by Crippen LogP contribution is -2.44. The highest BCUT2D eigenvalue weighted by Crippen LogP contribution is 2.40. The van der Waals surface area contributed by atoms with Gasteiger partial charge in [-0.1, -0.05) is 61.4 Å². The van der Waals surface area contributed by atoms with Crippen molar-refractivity contribution in [1.82, 2.24) is 25.5 Å². The van der Waals surface area contributed by atoms with Crippen molar-refractivity contribution in [3.05, 3.63) is 66.2 Å². The molecule has 194 valence electrons. The zero-order valence-corrected chi connectivity index (χ0v) is 21.3. The van der Waals surface area contributed by atoms with Gasteiger partial charge in [-0.05, 0) is 76.4 Å². The number of aromatic amines is 1. The van der Waals surface area contributed by atoms with E-state index in [1.807, 2.05) is 29.2 Å². The van der Waals surface area contributed by atoms with Gasteiger partial charge in [0.05, 0.1) is 5.41 Å². The zero-order valence-electron chi connectivity index (χ0n) is 21.3. The average molecular weight is 510 g/mol. The van der Waals surface area contributed by atoms with Crippen LogP contribution in [0.2, 0.25) is 0 Å². The average Bonchev–Trinajstić information content (AvgIpc) is 3.37. The number of carboxylic acids is 1. The van der Waals surface area contributed by atoms with Crippen LogP contribution in [0.1, 0.15) is 50.5 Å². The molecular formula is C30H31N5O3. The number of aromatic nitrogens is 4. The summed E-state index contributed by atoms with van der Waals surface area (Å²) in [6.45, 7) is 0.719. The molecule has 0 unspecified atom stereocenters. The standard InChI is InChI=1S/C30H31N5O3/c36-27(16-20-7-8-20)35(19-30(29(37)38)13-3-4-14-30)18-21-9-10-23-17-24(12-11-22(23)15-21)25-5-1-2-6-26(25)28-31-33-34-32-28/h1-2,5-6,9-12,15,17,20H,3-4,7-8,13-14,16,18-19H2,(H,37,38)(H,31,32,33,34). The van der Waals surface area contributed by atoms with Gasteiger partial charge < -0.3 is 10.0 Å². The van der Waals surface area contributed by atoms with Crippen LogP contribution in [-0.2, 0) is 16.1 Å². The van der Waals surface area contributed by atoms with E-state index in [9.17, 15) is 14.7 Å². The molecule has 2 fully saturated rings. The zero-order chi connectivity index (χ0) is 26.1. The van der Waals surface area contributed by atoms with Crippen molar-refractivity contribution in [3.8, 4) is 22.5 Å². The van der Waals surface area contributed by atoms with Crippen molar-refractivity contribution in [2.24, 2.45) is 11.3 Å². The van der Waals surface area contributed by atoms with Crippen molar-refractivity contribution >= 4 is 22.6 Å². The first-order valence-corrected chi connectivity index (χ1v) is 13.4. The summed E-state index contributed by atoms with van der Waals surface area (Å²) in [5.74, 6) is 0.313. The summed E-state index contributed by atoms with van der Waals surface area (Å²) in [4.78, 5) is 27.3. The molecule has 2 aliphatic carbocycles. The highest BCUT2D eigenvalue weighted by atomic mass is 16.4. The van der Waals surface area contributed by atoms with Gasteiger partial charge in [-0.25, -0.2) is 0 Å². The molecule has 0 radical (unpaired) electrons. The molecule has 1 heterocycles. The van der Waals surface area contributed by atoms with Crippen molar-refractivity contribution < 1.29 is 14.7 Å². The van der Waals surface area contributed by atoms with E-state index in [1.165, 1.54) is 0 Å². The SMILES string of the molecule is O=C(CC1CC1)N(Cc1ccc2cc(-c3ccccc3-c3nn[nH]n3)ccc2c1)CC1(C(=O)O)CCCC1. The maximum atomic E-state index is 13.3. The van der Waals surface area contributed by atoms with Gasteiger partial charge in [0, 0.05) is 25.1 Å². The first-order valence-electron chi connectivity index (χ1n) is 13.4. The summed E-state index contributed by atoms with van der Waals surface area (Å²) in [6.07, 6.45) is 5.81. The van der Waals surface area contributed by atoms with E-state index in [4.69, 9.17) is 0 Å². The summed E-state index contributed by atoms with van der Waals surface area (Å²) < 4.78 is 0. The lowest BCUT2D eigenvalue weighted by molar-refractivity contribution is -0.151. The number of tetrazole rings is 1. The first-order chi connectivity index (χ1) is 18.5. The second-order valence-electron chi connectivity index (χ2n) is 10.9. The minimum absolute atomic E-state index is 0.0774. The van der Waals surface area contributed by atoms with E-state index in [0.717, 1.165) is 58.7 Å². The normalized spacial score (nSPS) is 16.5. The molecule has 0 spiro atoms. The molecule has 38 heavy (non-hydrogen) atoms. The summed E-state index contributed by atoms with van der Waals surface area (Å²) in [7, 11) is 0. The lowest BCUT2D eigenvalue weighted by Gasteiger charge is -2.32. The quantitative estimate of drug-likeness (QED) is 0.310. The number of hydrogen-bond acceptors (Lipinski definition) is 5. The van der Waals surface area contributed by atoms with E-state index >= 15 is 0 Å². The summed E-state index contributed by atoms with van der Waals surface area (Å²) >= 11 is 0. The van der Waals surface area contributed by atoms with Gasteiger partial charge in [-0.15, -0.1) is 10.2 Å². The number of hydrogen-bond donors (Lipinski definition) is 2. The topological polar surface area (TPSA) is 112 Å². The lowest BCUT2D eigenvalue weighted by atomic mass is 9.85. The maximum absolute atomic E-state index is 13.3. The Kier molecular flexibility index (Phi) is 6.39. The summed E-state index contributed by atoms with van der Waals surface area (Å²) in [5.41, 5.74) is 3.17. The number of aliphatic carboxylic acids is 1. The number of fused-ring (bicyclic) bond motifs is 1. The minimum Gasteiger partial charge on any atom is -0.481 e. The molecule has 8 heteroatoms. The van der Waals surface area contributed by atoms with Crippen LogP contribution in [0.3, 0.4) is 0 Å². The molecule has 4 aromatic rings. The Balaban J connectivity index is 1.27. The molecule has 0 saturated heterocycles. The third-order valence-electron chi connectivity index (χ3n) is 8.12. The van der Waals surface area contributed by atoms with Gasteiger partial charge in [-0.2, -0.15) is 5.21 Å². The van der Waals surface area contributed by atoms with Crippen LogP contribution in [0.25, 0.3) is 33.3 Å². The van der Waals surface area contributed by atoms with Gasteiger partial charge in [0.1, 0.15) is 0 Å². The van der Waals surface area contributed by atoms with Crippen LogP contribution in [0.5, 0.6) is 0 Å². The largest absolute Gasteiger partial charge is 0.481 e. The van der Waals surface area contributed by atoms with Gasteiger partial charge in [-0.3, -0.25) is 9.59 Å². The molecule has 2 aliphatic rings. The van der Waals surface area contributed by atoms with Gasteiger partial charge in [0.15, 0.2) is 0 Å². The van der Waals surface area contributed by atoms with Crippen molar-refractivity contribution in [2.45, 2.75) is 51.5 Å². The van der Waals surface area contributed by atoms with Crippen LogP contribution in [-0.4, -0.2) is 49.1 Å². The van der Waals surface area contributed by atoms with Crippen LogP contribution in [0, 0.1) is 11.3 Å². The highest BCUT2D eigenvalue weighted by Gasteiger charge is 2.44.